The van der Waals surface area contributed by atoms with Gasteiger partial charge in [-0.25, -0.2) is 9.59 Å². The van der Waals surface area contributed by atoms with Gasteiger partial charge in [-0.1, -0.05) is 11.6 Å². The van der Waals surface area contributed by atoms with E-state index in [4.69, 9.17) is 21.4 Å². The number of urea groups is 1. The summed E-state index contributed by atoms with van der Waals surface area (Å²) in [5.74, 6) is -1.61. The molecule has 0 saturated heterocycles. The van der Waals surface area contributed by atoms with Crippen LogP contribution in [0.25, 0.3) is 0 Å². The minimum atomic E-state index is -1.12. The first-order valence-corrected chi connectivity index (χ1v) is 6.05. The van der Waals surface area contributed by atoms with E-state index in [1.54, 1.807) is 6.92 Å². The Morgan fingerprint density at radius 1 is 1.35 bits per heavy atom. The van der Waals surface area contributed by atoms with Crippen molar-refractivity contribution in [2.75, 3.05) is 13.2 Å². The number of benzene rings is 1. The molecule has 0 atom stereocenters. The van der Waals surface area contributed by atoms with E-state index in [2.05, 4.69) is 5.32 Å². The summed E-state index contributed by atoms with van der Waals surface area (Å²) < 4.78 is 5.10. The second-order valence-electron chi connectivity index (χ2n) is 3.65. The standard InChI is InChI=1S/C12H13ClN2O5/c1-2-14-12(19)15-10(16)6-20-9-4-3-7(11(17)18)5-8(9)13/h3-5H,2,6H2,1H3,(H,17,18)(H2,14,15,16,19). The number of hydrogen-bond acceptors (Lipinski definition) is 4. The molecule has 0 heterocycles. The number of aromatic carboxylic acids is 1. The molecule has 7 nitrogen and oxygen atoms in total. The second-order valence-corrected chi connectivity index (χ2v) is 4.05. The fraction of sp³-hybridized carbons (Fsp3) is 0.250. The van der Waals surface area contributed by atoms with Gasteiger partial charge >= 0.3 is 12.0 Å². The van der Waals surface area contributed by atoms with Gasteiger partial charge in [0.15, 0.2) is 6.61 Å². The van der Waals surface area contributed by atoms with Gasteiger partial charge in [0.1, 0.15) is 5.75 Å². The van der Waals surface area contributed by atoms with E-state index in [0.29, 0.717) is 6.54 Å². The van der Waals surface area contributed by atoms with Gasteiger partial charge in [-0.2, -0.15) is 0 Å². The van der Waals surface area contributed by atoms with Crippen molar-refractivity contribution in [1.29, 1.82) is 0 Å². The topological polar surface area (TPSA) is 105 Å². The van der Waals surface area contributed by atoms with Crippen molar-refractivity contribution in [3.8, 4) is 5.75 Å². The molecule has 0 unspecified atom stereocenters. The lowest BCUT2D eigenvalue weighted by Crippen LogP contribution is -2.41. The highest BCUT2D eigenvalue weighted by atomic mass is 35.5. The predicted molar refractivity (Wildman–Crippen MR) is 71.1 cm³/mol. The molecule has 0 aliphatic rings. The lowest BCUT2D eigenvalue weighted by molar-refractivity contribution is -0.122. The lowest BCUT2D eigenvalue weighted by Gasteiger charge is -2.08. The van der Waals surface area contributed by atoms with Crippen LogP contribution >= 0.6 is 11.6 Å². The summed E-state index contributed by atoms with van der Waals surface area (Å²) >= 11 is 5.81. The number of nitrogens with one attached hydrogen (secondary N) is 2. The Bertz CT molecular complexity index is 533. The fourth-order valence-electron chi connectivity index (χ4n) is 1.26. The smallest absolute Gasteiger partial charge is 0.335 e. The van der Waals surface area contributed by atoms with E-state index in [9.17, 15) is 14.4 Å². The Hall–Kier alpha value is -2.28. The molecule has 0 aromatic heterocycles. The third-order valence-corrected chi connectivity index (χ3v) is 2.42. The van der Waals surface area contributed by atoms with Crippen molar-refractivity contribution >= 4 is 29.5 Å². The summed E-state index contributed by atoms with van der Waals surface area (Å²) in [7, 11) is 0. The van der Waals surface area contributed by atoms with Gasteiger partial charge in [0.2, 0.25) is 0 Å². The maximum absolute atomic E-state index is 11.4. The molecule has 8 heteroatoms. The van der Waals surface area contributed by atoms with E-state index in [-0.39, 0.29) is 16.3 Å². The lowest BCUT2D eigenvalue weighted by atomic mass is 10.2. The summed E-state index contributed by atoms with van der Waals surface area (Å²) in [5, 5.41) is 13.3. The number of carboxylic acid groups (broad SMARTS) is 1. The van der Waals surface area contributed by atoms with Crippen LogP contribution in [0.2, 0.25) is 5.02 Å². The number of carboxylic acids is 1. The Morgan fingerprint density at radius 3 is 2.60 bits per heavy atom. The molecule has 0 spiro atoms. The van der Waals surface area contributed by atoms with Gasteiger partial charge in [0, 0.05) is 6.54 Å². The number of rotatable bonds is 5. The summed E-state index contributed by atoms with van der Waals surface area (Å²) in [6.07, 6.45) is 0. The van der Waals surface area contributed by atoms with Crippen molar-refractivity contribution in [3.05, 3.63) is 28.8 Å². The zero-order valence-corrected chi connectivity index (χ0v) is 11.4. The maximum atomic E-state index is 11.4. The molecular formula is C12H13ClN2O5. The number of ether oxygens (including phenoxy) is 1. The molecule has 1 aromatic rings. The van der Waals surface area contributed by atoms with Crippen LogP contribution < -0.4 is 15.4 Å². The van der Waals surface area contributed by atoms with Crippen LogP contribution in [0.3, 0.4) is 0 Å². The van der Waals surface area contributed by atoms with E-state index in [1.165, 1.54) is 18.2 Å². The number of halogens is 1. The van der Waals surface area contributed by atoms with Crippen LogP contribution in [0.5, 0.6) is 5.75 Å². The molecule has 1 aromatic carbocycles. The summed E-state index contributed by atoms with van der Waals surface area (Å²) in [6, 6.07) is 3.23. The molecule has 3 amide bonds. The molecule has 0 saturated carbocycles. The van der Waals surface area contributed by atoms with Gasteiger partial charge in [-0.15, -0.1) is 0 Å². The normalized spacial score (nSPS) is 9.70. The van der Waals surface area contributed by atoms with Crippen LogP contribution in [-0.4, -0.2) is 36.2 Å². The zero-order chi connectivity index (χ0) is 15.1. The van der Waals surface area contributed by atoms with Crippen molar-refractivity contribution in [1.82, 2.24) is 10.6 Å². The fourth-order valence-corrected chi connectivity index (χ4v) is 1.50. The molecule has 108 valence electrons. The molecule has 0 bridgehead atoms. The molecule has 0 aliphatic carbocycles. The average molecular weight is 301 g/mol. The highest BCUT2D eigenvalue weighted by Gasteiger charge is 2.11. The molecule has 0 fully saturated rings. The van der Waals surface area contributed by atoms with Gasteiger partial charge < -0.3 is 15.2 Å². The average Bonchev–Trinajstić information content (AvgIpc) is 2.37. The molecule has 0 aliphatic heterocycles. The minimum Gasteiger partial charge on any atom is -0.482 e. The van der Waals surface area contributed by atoms with Gasteiger partial charge in [-0.05, 0) is 25.1 Å². The first-order chi connectivity index (χ1) is 9.43. The number of carbonyl (C=O) groups excluding carboxylic acids is 2. The highest BCUT2D eigenvalue weighted by Crippen LogP contribution is 2.25. The van der Waals surface area contributed by atoms with Gasteiger partial charge in [-0.3, -0.25) is 10.1 Å². The third-order valence-electron chi connectivity index (χ3n) is 2.13. The maximum Gasteiger partial charge on any atom is 0.335 e. The summed E-state index contributed by atoms with van der Waals surface area (Å²) in [5.41, 5.74) is 0.00845. The van der Waals surface area contributed by atoms with Crippen molar-refractivity contribution < 1.29 is 24.2 Å². The van der Waals surface area contributed by atoms with Gasteiger partial charge in [0.05, 0.1) is 10.6 Å². The Balaban J connectivity index is 2.55. The Labute approximate surface area is 119 Å². The monoisotopic (exact) mass is 300 g/mol. The summed E-state index contributed by atoms with van der Waals surface area (Å²) in [4.78, 5) is 33.1. The number of hydrogen-bond donors (Lipinski definition) is 3. The predicted octanol–water partition coefficient (Wildman–Crippen LogP) is 1.26. The van der Waals surface area contributed by atoms with Gasteiger partial charge in [0.25, 0.3) is 5.91 Å². The number of carbonyl (C=O) groups is 3. The van der Waals surface area contributed by atoms with Crippen LogP contribution in [-0.2, 0) is 4.79 Å². The van der Waals surface area contributed by atoms with Crippen LogP contribution in [0.1, 0.15) is 17.3 Å². The molecule has 3 N–H and O–H groups in total. The quantitative estimate of drug-likeness (QED) is 0.759. The second kappa shape index (κ2) is 7.34. The molecule has 1 rings (SSSR count). The SMILES string of the molecule is CCNC(=O)NC(=O)COc1ccc(C(=O)O)cc1Cl. The number of imide groups is 1. The first kappa shape index (κ1) is 15.8. The van der Waals surface area contributed by atoms with Crippen LogP contribution in [0.4, 0.5) is 4.79 Å². The largest absolute Gasteiger partial charge is 0.482 e. The third kappa shape index (κ3) is 4.77. The summed E-state index contributed by atoms with van der Waals surface area (Å²) in [6.45, 7) is 1.69. The number of amides is 3. The van der Waals surface area contributed by atoms with Crippen molar-refractivity contribution in [2.24, 2.45) is 0 Å². The Kier molecular flexibility index (Phi) is 5.79. The van der Waals surface area contributed by atoms with Crippen molar-refractivity contribution in [3.63, 3.8) is 0 Å². The van der Waals surface area contributed by atoms with E-state index in [0.717, 1.165) is 0 Å². The molecule has 0 radical (unpaired) electrons. The minimum absolute atomic E-state index is 0.00845. The molecular weight excluding hydrogens is 288 g/mol. The van der Waals surface area contributed by atoms with E-state index in [1.807, 2.05) is 5.32 Å². The van der Waals surface area contributed by atoms with Crippen molar-refractivity contribution in [2.45, 2.75) is 6.92 Å². The Morgan fingerprint density at radius 2 is 2.05 bits per heavy atom. The van der Waals surface area contributed by atoms with E-state index < -0.39 is 24.5 Å². The van der Waals surface area contributed by atoms with Crippen LogP contribution in [0, 0.1) is 0 Å². The highest BCUT2D eigenvalue weighted by molar-refractivity contribution is 6.32. The van der Waals surface area contributed by atoms with Crippen LogP contribution in [0.15, 0.2) is 18.2 Å². The molecule has 20 heavy (non-hydrogen) atoms. The zero-order valence-electron chi connectivity index (χ0n) is 10.6. The first-order valence-electron chi connectivity index (χ1n) is 5.67. The van der Waals surface area contributed by atoms with E-state index >= 15 is 0 Å².